The van der Waals surface area contributed by atoms with Crippen LogP contribution in [0.1, 0.15) is 43.6 Å². The molecule has 1 aromatic rings. The van der Waals surface area contributed by atoms with Gasteiger partial charge in [0, 0.05) is 6.54 Å². The normalized spacial score (nSPS) is 22.6. The first-order valence-electron chi connectivity index (χ1n) is 8.18. The van der Waals surface area contributed by atoms with E-state index in [1.165, 1.54) is 6.92 Å². The predicted octanol–water partition coefficient (Wildman–Crippen LogP) is -2.49. The lowest BCUT2D eigenvalue weighted by atomic mass is 10.1. The van der Waals surface area contributed by atoms with Gasteiger partial charge in [-0.15, -0.1) is 0 Å². The van der Waals surface area contributed by atoms with Crippen LogP contribution in [0.4, 0.5) is 4.79 Å². The Morgan fingerprint density at radius 3 is 2.63 bits per heavy atom. The van der Waals surface area contributed by atoms with Crippen molar-refractivity contribution >= 4 is 17.9 Å². The lowest BCUT2D eigenvalue weighted by Gasteiger charge is -2.19. The van der Waals surface area contributed by atoms with Crippen LogP contribution in [-0.4, -0.2) is 68.2 Å². The third-order valence-electron chi connectivity index (χ3n) is 3.92. The first kappa shape index (κ1) is 20.5. The summed E-state index contributed by atoms with van der Waals surface area (Å²) in [5.41, 5.74) is 5.17. The molecule has 1 aromatic heterocycles. The summed E-state index contributed by atoms with van der Waals surface area (Å²) in [5.74, 6) is -2.06. The molecule has 0 aromatic carbocycles. The Morgan fingerprint density at radius 2 is 2.11 bits per heavy atom. The number of urea groups is 1. The summed E-state index contributed by atoms with van der Waals surface area (Å²) in [4.78, 5) is 38.5. The molecule has 1 saturated heterocycles. The Bertz CT molecular complexity index is 693. The van der Waals surface area contributed by atoms with Crippen molar-refractivity contribution in [1.29, 1.82) is 0 Å². The van der Waals surface area contributed by atoms with Gasteiger partial charge in [-0.3, -0.25) is 4.79 Å². The van der Waals surface area contributed by atoms with E-state index in [0.29, 0.717) is 13.0 Å². The SMILES string of the molecule is CC(O)C(NC(=O)NC(CC(N)=O)c1nc([C@@H]2C[C@@H](O)CN2)no1)C(=O)O. The van der Waals surface area contributed by atoms with Crippen molar-refractivity contribution in [2.24, 2.45) is 5.73 Å². The Morgan fingerprint density at radius 1 is 1.41 bits per heavy atom. The molecule has 150 valence electrons. The van der Waals surface area contributed by atoms with Crippen LogP contribution in [0.25, 0.3) is 0 Å². The van der Waals surface area contributed by atoms with Crippen molar-refractivity contribution in [2.45, 2.75) is 50.1 Å². The van der Waals surface area contributed by atoms with Gasteiger partial charge in [0.2, 0.25) is 11.8 Å². The minimum Gasteiger partial charge on any atom is -0.480 e. The maximum absolute atomic E-state index is 12.0. The van der Waals surface area contributed by atoms with Gasteiger partial charge in [-0.1, -0.05) is 5.16 Å². The van der Waals surface area contributed by atoms with Crippen molar-refractivity contribution < 1.29 is 34.2 Å². The van der Waals surface area contributed by atoms with Crippen molar-refractivity contribution in [1.82, 2.24) is 26.1 Å². The molecule has 3 amide bonds. The Hall–Kier alpha value is -2.77. The second-order valence-electron chi connectivity index (χ2n) is 6.24. The smallest absolute Gasteiger partial charge is 0.328 e. The highest BCUT2D eigenvalue weighted by Crippen LogP contribution is 2.23. The van der Waals surface area contributed by atoms with E-state index in [9.17, 15) is 24.6 Å². The average molecular weight is 386 g/mol. The van der Waals surface area contributed by atoms with Crippen LogP contribution in [0.15, 0.2) is 4.52 Å². The molecule has 1 aliphatic rings. The number of carbonyl (C=O) groups is 3. The summed E-state index contributed by atoms with van der Waals surface area (Å²) in [6.45, 7) is 1.57. The van der Waals surface area contributed by atoms with Crippen molar-refractivity contribution in [3.05, 3.63) is 11.7 Å². The Labute approximate surface area is 153 Å². The van der Waals surface area contributed by atoms with Gasteiger partial charge in [-0.25, -0.2) is 9.59 Å². The topological polar surface area (TPSA) is 213 Å². The molecule has 3 unspecified atom stereocenters. The number of nitrogens with one attached hydrogen (secondary N) is 3. The fraction of sp³-hybridized carbons (Fsp3) is 0.643. The first-order chi connectivity index (χ1) is 12.7. The summed E-state index contributed by atoms with van der Waals surface area (Å²) < 4.78 is 5.08. The van der Waals surface area contributed by atoms with Crippen molar-refractivity contribution in [3.63, 3.8) is 0 Å². The number of amides is 3. The zero-order valence-electron chi connectivity index (χ0n) is 14.5. The molecule has 0 bridgehead atoms. The number of hydrogen-bond donors (Lipinski definition) is 7. The minimum absolute atomic E-state index is 0.105. The van der Waals surface area contributed by atoms with E-state index in [4.69, 9.17) is 15.4 Å². The van der Waals surface area contributed by atoms with E-state index in [-0.39, 0.29) is 24.2 Å². The third-order valence-corrected chi connectivity index (χ3v) is 3.92. The molecule has 0 radical (unpaired) electrons. The molecular weight excluding hydrogens is 364 g/mol. The van der Waals surface area contributed by atoms with Crippen LogP contribution in [0.3, 0.4) is 0 Å². The number of β-amino-alcohol motifs (C(OH)–C–C–N with tert-alkyl or cyclic N) is 1. The quantitative estimate of drug-likeness (QED) is 0.250. The van der Waals surface area contributed by atoms with E-state index in [2.05, 4.69) is 26.1 Å². The number of aliphatic hydroxyl groups excluding tert-OH is 2. The highest BCUT2D eigenvalue weighted by molar-refractivity contribution is 5.83. The van der Waals surface area contributed by atoms with E-state index < -0.39 is 42.2 Å². The fourth-order valence-corrected chi connectivity index (χ4v) is 2.58. The lowest BCUT2D eigenvalue weighted by Crippen LogP contribution is -2.52. The number of aromatic nitrogens is 2. The number of rotatable bonds is 8. The molecule has 0 spiro atoms. The number of carboxylic acid groups (broad SMARTS) is 1. The number of primary amides is 1. The standard InChI is InChI=1S/C14H22N6O7/c1-5(21)10(13(24)25)18-14(26)17-8(3-9(15)23)12-19-11(20-27-12)7-2-6(22)4-16-7/h5-8,10,16,21-22H,2-4H2,1H3,(H2,15,23)(H,24,25)(H2,17,18,26)/t5?,6-,7+,8?,10?/m1/s1. The molecule has 0 saturated carbocycles. The summed E-state index contributed by atoms with van der Waals surface area (Å²) in [6.07, 6.45) is -1.89. The number of carboxylic acids is 1. The molecular formula is C14H22N6O7. The van der Waals surface area contributed by atoms with Gasteiger partial charge in [0.1, 0.15) is 6.04 Å². The molecule has 2 heterocycles. The van der Waals surface area contributed by atoms with Crippen LogP contribution >= 0.6 is 0 Å². The summed E-state index contributed by atoms with van der Waals surface area (Å²) >= 11 is 0. The maximum Gasteiger partial charge on any atom is 0.328 e. The Kier molecular flexibility index (Phi) is 6.65. The minimum atomic E-state index is -1.55. The van der Waals surface area contributed by atoms with Crippen LogP contribution in [0, 0.1) is 0 Å². The van der Waals surface area contributed by atoms with E-state index in [1.807, 2.05) is 0 Å². The zero-order valence-corrected chi connectivity index (χ0v) is 14.5. The van der Waals surface area contributed by atoms with Crippen molar-refractivity contribution in [2.75, 3.05) is 6.54 Å². The second-order valence-corrected chi connectivity index (χ2v) is 6.24. The van der Waals surface area contributed by atoms with Crippen LogP contribution in [0.5, 0.6) is 0 Å². The number of nitrogens with two attached hydrogens (primary N) is 1. The predicted molar refractivity (Wildman–Crippen MR) is 87.0 cm³/mol. The number of aliphatic hydroxyl groups is 2. The van der Waals surface area contributed by atoms with Crippen molar-refractivity contribution in [3.8, 4) is 0 Å². The van der Waals surface area contributed by atoms with Crippen LogP contribution in [-0.2, 0) is 9.59 Å². The second kappa shape index (κ2) is 8.75. The van der Waals surface area contributed by atoms with Gasteiger partial charge >= 0.3 is 12.0 Å². The van der Waals surface area contributed by atoms with Gasteiger partial charge in [0.05, 0.1) is 24.7 Å². The van der Waals surface area contributed by atoms with Crippen LogP contribution < -0.4 is 21.7 Å². The van der Waals surface area contributed by atoms with Gasteiger partial charge in [-0.2, -0.15) is 4.98 Å². The van der Waals surface area contributed by atoms with Gasteiger partial charge in [0.25, 0.3) is 0 Å². The van der Waals surface area contributed by atoms with Gasteiger partial charge in [0.15, 0.2) is 11.9 Å². The highest BCUT2D eigenvalue weighted by Gasteiger charge is 2.31. The largest absolute Gasteiger partial charge is 0.480 e. The van der Waals surface area contributed by atoms with E-state index in [1.54, 1.807) is 0 Å². The summed E-state index contributed by atoms with van der Waals surface area (Å²) in [7, 11) is 0. The summed E-state index contributed by atoms with van der Waals surface area (Å²) in [5, 5.41) is 39.1. The highest BCUT2D eigenvalue weighted by atomic mass is 16.5. The number of carbonyl (C=O) groups excluding carboxylic acids is 2. The third kappa shape index (κ3) is 5.60. The molecule has 13 heteroatoms. The van der Waals surface area contributed by atoms with Crippen LogP contribution in [0.2, 0.25) is 0 Å². The average Bonchev–Trinajstić information content (AvgIpc) is 3.19. The molecule has 5 atom stereocenters. The number of hydrogen-bond acceptors (Lipinski definition) is 9. The number of aliphatic carboxylic acids is 1. The lowest BCUT2D eigenvalue weighted by molar-refractivity contribution is -0.141. The van der Waals surface area contributed by atoms with Gasteiger partial charge in [-0.05, 0) is 13.3 Å². The monoisotopic (exact) mass is 386 g/mol. The maximum atomic E-state index is 12.0. The summed E-state index contributed by atoms with van der Waals surface area (Å²) in [6, 6.07) is -3.96. The van der Waals surface area contributed by atoms with E-state index >= 15 is 0 Å². The fourth-order valence-electron chi connectivity index (χ4n) is 2.58. The van der Waals surface area contributed by atoms with E-state index in [0.717, 1.165) is 0 Å². The number of nitrogens with zero attached hydrogens (tertiary/aromatic N) is 2. The first-order valence-corrected chi connectivity index (χ1v) is 8.18. The van der Waals surface area contributed by atoms with Gasteiger partial charge < -0.3 is 41.5 Å². The molecule has 27 heavy (non-hydrogen) atoms. The molecule has 0 aliphatic carbocycles. The molecule has 1 aliphatic heterocycles. The molecule has 13 nitrogen and oxygen atoms in total. The molecule has 2 rings (SSSR count). The molecule has 1 fully saturated rings. The molecule has 8 N–H and O–H groups in total. The zero-order chi connectivity index (χ0) is 20.1. The Balaban J connectivity index is 2.09.